The first-order valence-electron chi connectivity index (χ1n) is 10.9. The van der Waals surface area contributed by atoms with Crippen LogP contribution in [0, 0.1) is 17.8 Å². The highest BCUT2D eigenvalue weighted by atomic mass is 16.2. The molecule has 0 aliphatic heterocycles. The van der Waals surface area contributed by atoms with E-state index in [4.69, 9.17) is 5.10 Å². The van der Waals surface area contributed by atoms with Gasteiger partial charge in [0, 0.05) is 17.5 Å². The number of fused-ring (bicyclic) bond motifs is 1. The average molecular weight is 366 g/mol. The van der Waals surface area contributed by atoms with Crippen LogP contribution in [0.1, 0.15) is 75.2 Å². The number of benzene rings is 1. The first-order valence-corrected chi connectivity index (χ1v) is 10.9. The van der Waals surface area contributed by atoms with Crippen molar-refractivity contribution < 1.29 is 4.79 Å². The number of nitrogens with zero attached hydrogens (tertiary/aromatic N) is 2. The van der Waals surface area contributed by atoms with Crippen molar-refractivity contribution >= 4 is 16.8 Å². The molecule has 1 aromatic carbocycles. The number of aryl methyl sites for hydroxylation is 1. The average Bonchev–Trinajstić information content (AvgIpc) is 3.00. The van der Waals surface area contributed by atoms with Gasteiger partial charge in [-0.15, -0.1) is 0 Å². The molecule has 6 rings (SSSR count). The molecule has 0 saturated heterocycles. The van der Waals surface area contributed by atoms with Gasteiger partial charge in [0.05, 0.1) is 5.52 Å². The minimum Gasteiger partial charge on any atom is -0.345 e. The fraction of sp³-hybridized carbons (Fsp3) is 0.652. The van der Waals surface area contributed by atoms with Crippen molar-refractivity contribution in [1.29, 1.82) is 0 Å². The number of rotatable bonds is 6. The summed E-state index contributed by atoms with van der Waals surface area (Å²) in [5.74, 6) is 2.54. The lowest BCUT2D eigenvalue weighted by Crippen LogP contribution is -2.59. The second kappa shape index (κ2) is 6.65. The topological polar surface area (TPSA) is 46.9 Å². The van der Waals surface area contributed by atoms with E-state index < -0.39 is 0 Å². The molecule has 1 aromatic heterocycles. The minimum absolute atomic E-state index is 0.0406. The van der Waals surface area contributed by atoms with Crippen LogP contribution in [0.3, 0.4) is 0 Å². The molecule has 1 amide bonds. The maximum Gasteiger partial charge on any atom is 0.272 e. The predicted octanol–water partition coefficient (Wildman–Crippen LogP) is 4.93. The van der Waals surface area contributed by atoms with Gasteiger partial charge in [0.15, 0.2) is 5.69 Å². The molecule has 4 bridgehead atoms. The summed E-state index contributed by atoms with van der Waals surface area (Å²) >= 11 is 0. The van der Waals surface area contributed by atoms with E-state index >= 15 is 0 Å². The zero-order valence-electron chi connectivity index (χ0n) is 16.4. The molecule has 4 aliphatic carbocycles. The Morgan fingerprint density at radius 3 is 2.44 bits per heavy atom. The molecule has 4 fully saturated rings. The van der Waals surface area contributed by atoms with Gasteiger partial charge in [-0.1, -0.05) is 38.0 Å². The molecule has 4 nitrogen and oxygen atoms in total. The van der Waals surface area contributed by atoms with Crippen LogP contribution in [0.4, 0.5) is 0 Å². The summed E-state index contributed by atoms with van der Waals surface area (Å²) in [5.41, 5.74) is 1.75. The Labute approximate surface area is 161 Å². The van der Waals surface area contributed by atoms with Crippen molar-refractivity contribution in [1.82, 2.24) is 15.1 Å². The maximum absolute atomic E-state index is 13.3. The van der Waals surface area contributed by atoms with Gasteiger partial charge in [0.1, 0.15) is 0 Å². The van der Waals surface area contributed by atoms with E-state index in [1.165, 1.54) is 51.4 Å². The molecule has 1 N–H and O–H groups in total. The Hall–Kier alpha value is -1.84. The van der Waals surface area contributed by atoms with Crippen molar-refractivity contribution in [3.63, 3.8) is 0 Å². The second-order valence-electron chi connectivity index (χ2n) is 9.45. The summed E-state index contributed by atoms with van der Waals surface area (Å²) in [7, 11) is 0. The standard InChI is InChI=1S/C23H31N3O/c1-2-3-6-9-26-20-8-5-4-7-19(20)21(25-26)22(27)24-23-13-16-10-17(14-23)12-18(11-16)15-23/h4-5,7-8,16-18H,2-3,6,9-15H2,1H3,(H,24,27). The summed E-state index contributed by atoms with van der Waals surface area (Å²) in [6, 6.07) is 8.20. The molecule has 0 radical (unpaired) electrons. The lowest BCUT2D eigenvalue weighted by Gasteiger charge is -2.56. The smallest absolute Gasteiger partial charge is 0.272 e. The van der Waals surface area contributed by atoms with Gasteiger partial charge in [-0.05, 0) is 68.8 Å². The van der Waals surface area contributed by atoms with Gasteiger partial charge in [0.25, 0.3) is 5.91 Å². The van der Waals surface area contributed by atoms with Crippen LogP contribution in [0.5, 0.6) is 0 Å². The maximum atomic E-state index is 13.3. The number of aromatic nitrogens is 2. The first kappa shape index (κ1) is 17.3. The Balaban J connectivity index is 1.41. The van der Waals surface area contributed by atoms with E-state index in [9.17, 15) is 4.79 Å². The molecule has 0 atom stereocenters. The molecule has 4 aliphatic rings. The molecule has 4 heteroatoms. The Bertz CT molecular complexity index is 817. The van der Waals surface area contributed by atoms with E-state index in [2.05, 4.69) is 18.3 Å². The van der Waals surface area contributed by atoms with Gasteiger partial charge < -0.3 is 5.32 Å². The minimum atomic E-state index is 0.0406. The molecule has 1 heterocycles. The van der Waals surface area contributed by atoms with Crippen LogP contribution in [0.2, 0.25) is 0 Å². The molecule has 4 saturated carbocycles. The molecular formula is C23H31N3O. The third kappa shape index (κ3) is 3.07. The number of carbonyl (C=O) groups is 1. The van der Waals surface area contributed by atoms with E-state index in [1.54, 1.807) is 0 Å². The van der Waals surface area contributed by atoms with Crippen LogP contribution >= 0.6 is 0 Å². The molecule has 2 aromatic rings. The van der Waals surface area contributed by atoms with Crippen LogP contribution in [0.15, 0.2) is 24.3 Å². The predicted molar refractivity (Wildman–Crippen MR) is 108 cm³/mol. The normalized spacial score (nSPS) is 31.5. The van der Waals surface area contributed by atoms with Gasteiger partial charge in [-0.3, -0.25) is 9.48 Å². The van der Waals surface area contributed by atoms with Gasteiger partial charge in [-0.25, -0.2) is 0 Å². The van der Waals surface area contributed by atoms with Gasteiger partial charge >= 0.3 is 0 Å². The summed E-state index contributed by atoms with van der Waals surface area (Å²) in [5, 5.41) is 9.26. The summed E-state index contributed by atoms with van der Waals surface area (Å²) in [6.07, 6.45) is 11.2. The van der Waals surface area contributed by atoms with E-state index in [1.807, 2.05) is 22.9 Å². The summed E-state index contributed by atoms with van der Waals surface area (Å²) < 4.78 is 2.04. The summed E-state index contributed by atoms with van der Waals surface area (Å²) in [6.45, 7) is 3.10. The SMILES string of the molecule is CCCCCn1nc(C(=O)NC23CC4CC(CC(C4)C2)C3)c2ccccc21. The van der Waals surface area contributed by atoms with E-state index in [-0.39, 0.29) is 11.4 Å². The number of amides is 1. The monoisotopic (exact) mass is 365 g/mol. The molecule has 27 heavy (non-hydrogen) atoms. The van der Waals surface area contributed by atoms with Crippen LogP contribution in [-0.2, 0) is 6.54 Å². The first-order chi connectivity index (χ1) is 13.2. The van der Waals surface area contributed by atoms with E-state index in [0.717, 1.165) is 41.6 Å². The Morgan fingerprint density at radius 2 is 1.78 bits per heavy atom. The third-order valence-corrected chi connectivity index (χ3v) is 7.26. The second-order valence-corrected chi connectivity index (χ2v) is 9.45. The van der Waals surface area contributed by atoms with Crippen molar-refractivity contribution in [3.05, 3.63) is 30.0 Å². The Kier molecular flexibility index (Phi) is 4.25. The van der Waals surface area contributed by atoms with Crippen molar-refractivity contribution in [3.8, 4) is 0 Å². The van der Waals surface area contributed by atoms with Crippen LogP contribution in [0.25, 0.3) is 10.9 Å². The van der Waals surface area contributed by atoms with Crippen molar-refractivity contribution in [2.45, 2.75) is 76.8 Å². The van der Waals surface area contributed by atoms with Gasteiger partial charge in [-0.2, -0.15) is 5.10 Å². The molecular weight excluding hydrogens is 334 g/mol. The molecule has 0 spiro atoms. The number of unbranched alkanes of at least 4 members (excludes halogenated alkanes) is 2. The zero-order valence-corrected chi connectivity index (χ0v) is 16.4. The highest BCUT2D eigenvalue weighted by molar-refractivity contribution is 6.05. The van der Waals surface area contributed by atoms with Crippen molar-refractivity contribution in [2.24, 2.45) is 17.8 Å². The number of hydrogen-bond acceptors (Lipinski definition) is 2. The highest BCUT2D eigenvalue weighted by Crippen LogP contribution is 2.55. The quantitative estimate of drug-likeness (QED) is 0.738. The largest absolute Gasteiger partial charge is 0.345 e. The van der Waals surface area contributed by atoms with Crippen molar-refractivity contribution in [2.75, 3.05) is 0 Å². The highest BCUT2D eigenvalue weighted by Gasteiger charge is 2.51. The number of carbonyl (C=O) groups excluding carboxylic acids is 1. The van der Waals surface area contributed by atoms with Gasteiger partial charge in [0.2, 0.25) is 0 Å². The fourth-order valence-electron chi connectivity index (χ4n) is 6.54. The zero-order chi connectivity index (χ0) is 18.4. The Morgan fingerprint density at radius 1 is 1.11 bits per heavy atom. The molecule has 144 valence electrons. The van der Waals surface area contributed by atoms with Crippen LogP contribution < -0.4 is 5.32 Å². The molecule has 0 unspecified atom stereocenters. The number of para-hydroxylation sites is 1. The fourth-order valence-corrected chi connectivity index (χ4v) is 6.54. The lowest BCUT2D eigenvalue weighted by molar-refractivity contribution is -0.0167. The lowest BCUT2D eigenvalue weighted by atomic mass is 9.53. The number of nitrogens with one attached hydrogen (secondary N) is 1. The van der Waals surface area contributed by atoms with E-state index in [0.29, 0.717) is 5.69 Å². The third-order valence-electron chi connectivity index (χ3n) is 7.26. The van der Waals surface area contributed by atoms with Crippen LogP contribution in [-0.4, -0.2) is 21.2 Å². The summed E-state index contributed by atoms with van der Waals surface area (Å²) in [4.78, 5) is 13.3. The number of hydrogen-bond donors (Lipinski definition) is 1.